The van der Waals surface area contributed by atoms with Gasteiger partial charge in [0.2, 0.25) is 0 Å². The topological polar surface area (TPSA) is 93.4 Å². The zero-order valence-electron chi connectivity index (χ0n) is 17.4. The Bertz CT molecular complexity index is 774. The molecule has 2 aliphatic rings. The van der Waals surface area contributed by atoms with E-state index in [9.17, 15) is 4.79 Å². The van der Waals surface area contributed by atoms with E-state index >= 15 is 0 Å². The summed E-state index contributed by atoms with van der Waals surface area (Å²) in [6.45, 7) is 4.24. The maximum Gasteiger partial charge on any atom is 0.343 e. The largest absolute Gasteiger partial charge is 0.391 e. The second-order valence-corrected chi connectivity index (χ2v) is 7.15. The fourth-order valence-electron chi connectivity index (χ4n) is 3.04. The van der Waals surface area contributed by atoms with E-state index in [0.717, 1.165) is 53.1 Å². The summed E-state index contributed by atoms with van der Waals surface area (Å²) in [5.74, 6) is 0. The first-order chi connectivity index (χ1) is 13.3. The van der Waals surface area contributed by atoms with Crippen LogP contribution in [0.1, 0.15) is 39.5 Å². The minimum Gasteiger partial charge on any atom is -0.391 e. The maximum atomic E-state index is 12.0. The summed E-state index contributed by atoms with van der Waals surface area (Å²) in [5.41, 5.74) is 12.9. The molecule has 8 nitrogen and oxygen atoms in total. The van der Waals surface area contributed by atoms with Crippen molar-refractivity contribution in [2.45, 2.75) is 39.5 Å². The highest BCUT2D eigenvalue weighted by molar-refractivity contribution is 6.00. The highest BCUT2D eigenvalue weighted by Crippen LogP contribution is 2.24. The number of carbonyl (C=O) groups is 1. The predicted octanol–water partition coefficient (Wildman–Crippen LogP) is 4.13. The first-order valence-electron chi connectivity index (χ1n) is 9.39. The van der Waals surface area contributed by atoms with Crippen molar-refractivity contribution in [3.63, 3.8) is 0 Å². The first-order valence-corrected chi connectivity index (χ1v) is 9.39. The van der Waals surface area contributed by atoms with E-state index in [-0.39, 0.29) is 6.61 Å². The smallest absolute Gasteiger partial charge is 0.343 e. The Hall–Kier alpha value is -2.90. The van der Waals surface area contributed by atoms with Crippen molar-refractivity contribution in [3.8, 4) is 0 Å². The van der Waals surface area contributed by atoms with Gasteiger partial charge in [0.1, 0.15) is 6.61 Å². The van der Waals surface area contributed by atoms with Crippen molar-refractivity contribution in [2.75, 3.05) is 27.7 Å². The Morgan fingerprint density at radius 3 is 2.64 bits per heavy atom. The van der Waals surface area contributed by atoms with E-state index < -0.39 is 6.03 Å². The zero-order valence-corrected chi connectivity index (χ0v) is 17.4. The molecule has 28 heavy (non-hydrogen) atoms. The molecule has 2 rings (SSSR count). The summed E-state index contributed by atoms with van der Waals surface area (Å²) in [6, 6.07) is -0.457. The van der Waals surface area contributed by atoms with Gasteiger partial charge < -0.3 is 15.1 Å². The van der Waals surface area contributed by atoms with Gasteiger partial charge in [0, 0.05) is 38.1 Å². The fourth-order valence-corrected chi connectivity index (χ4v) is 3.04. The number of oxime groups is 1. The number of rotatable bonds is 7. The summed E-state index contributed by atoms with van der Waals surface area (Å²) in [5, 5.41) is 11.1. The lowest BCUT2D eigenvalue weighted by atomic mass is 9.96. The van der Waals surface area contributed by atoms with Crippen LogP contribution in [0.2, 0.25) is 0 Å². The second kappa shape index (κ2) is 9.87. The van der Waals surface area contributed by atoms with Crippen LogP contribution in [0.3, 0.4) is 0 Å². The quantitative estimate of drug-likeness (QED) is 0.391. The van der Waals surface area contributed by atoms with Gasteiger partial charge in [0.05, 0.1) is 5.71 Å². The van der Waals surface area contributed by atoms with Gasteiger partial charge in [-0.25, -0.2) is 4.79 Å². The van der Waals surface area contributed by atoms with Gasteiger partial charge in [-0.15, -0.1) is 0 Å². The SMILES string of the molecule is CC1=C(CO/N=C(\C)C2=CCCC(N(C)C)=C2)C(NC(=O)N(C)N=N)=CCC1. The Labute approximate surface area is 166 Å². The van der Waals surface area contributed by atoms with Gasteiger partial charge in [0.25, 0.3) is 0 Å². The molecule has 152 valence electrons. The van der Waals surface area contributed by atoms with E-state index in [2.05, 4.69) is 32.7 Å². The standard InChI is InChI=1S/C20H30N6O2/c1-14-8-6-11-19(22-20(27)26(5)24-21)18(14)13-28-23-15(2)16-9-7-10-17(12-16)25(3)4/h9,11-12,21H,6-8,10,13H2,1-5H3,(H,22,27)/b23-15+,24-21?. The Kier molecular flexibility index (Phi) is 7.54. The Morgan fingerprint density at radius 2 is 1.96 bits per heavy atom. The van der Waals surface area contributed by atoms with Gasteiger partial charge >= 0.3 is 6.03 Å². The number of amides is 2. The van der Waals surface area contributed by atoms with E-state index in [1.54, 1.807) is 0 Å². The zero-order chi connectivity index (χ0) is 20.7. The van der Waals surface area contributed by atoms with Crippen molar-refractivity contribution in [3.05, 3.63) is 46.3 Å². The third kappa shape index (κ3) is 5.55. The number of carbonyl (C=O) groups excluding carboxylic acids is 1. The first kappa shape index (κ1) is 21.4. The molecule has 0 aromatic rings. The Morgan fingerprint density at radius 1 is 1.25 bits per heavy atom. The summed E-state index contributed by atoms with van der Waals surface area (Å²) in [4.78, 5) is 19.8. The van der Waals surface area contributed by atoms with Gasteiger partial charge in [-0.3, -0.25) is 0 Å². The maximum absolute atomic E-state index is 12.0. The van der Waals surface area contributed by atoms with Crippen LogP contribution in [-0.4, -0.2) is 49.4 Å². The monoisotopic (exact) mass is 386 g/mol. The van der Waals surface area contributed by atoms with Crippen molar-refractivity contribution in [1.82, 2.24) is 15.2 Å². The van der Waals surface area contributed by atoms with Crippen LogP contribution in [0.5, 0.6) is 0 Å². The molecule has 0 heterocycles. The van der Waals surface area contributed by atoms with E-state index in [4.69, 9.17) is 10.4 Å². The van der Waals surface area contributed by atoms with Gasteiger partial charge in [-0.2, -0.15) is 10.5 Å². The van der Waals surface area contributed by atoms with Gasteiger partial charge in [-0.1, -0.05) is 28.1 Å². The molecule has 0 aromatic carbocycles. The molecule has 8 heteroatoms. The summed E-state index contributed by atoms with van der Waals surface area (Å²) >= 11 is 0. The third-order valence-corrected chi connectivity index (χ3v) is 4.88. The summed E-state index contributed by atoms with van der Waals surface area (Å²) in [6.07, 6.45) is 10.1. The van der Waals surface area contributed by atoms with Gasteiger partial charge in [0.15, 0.2) is 0 Å². The fraction of sp³-hybridized carbons (Fsp3) is 0.500. The molecule has 0 radical (unpaired) electrons. The van der Waals surface area contributed by atoms with Crippen LogP contribution in [-0.2, 0) is 4.84 Å². The summed E-state index contributed by atoms with van der Waals surface area (Å²) in [7, 11) is 5.52. The van der Waals surface area contributed by atoms with Crippen LogP contribution in [0.4, 0.5) is 4.79 Å². The van der Waals surface area contributed by atoms with Crippen molar-refractivity contribution < 1.29 is 9.63 Å². The van der Waals surface area contributed by atoms with Crippen molar-refractivity contribution in [2.24, 2.45) is 10.4 Å². The molecule has 0 aromatic heterocycles. The normalized spacial score (nSPS) is 17.3. The molecule has 2 aliphatic carbocycles. The molecular weight excluding hydrogens is 356 g/mol. The molecule has 0 atom stereocenters. The molecule has 0 aliphatic heterocycles. The number of hydrogen-bond acceptors (Lipinski definition) is 6. The van der Waals surface area contributed by atoms with E-state index in [1.807, 2.05) is 34.0 Å². The van der Waals surface area contributed by atoms with Crippen LogP contribution in [0.25, 0.3) is 0 Å². The number of hydrogen-bond donors (Lipinski definition) is 2. The number of urea groups is 1. The lowest BCUT2D eigenvalue weighted by molar-refractivity contribution is 0.167. The minimum absolute atomic E-state index is 0.272. The molecule has 0 spiro atoms. The van der Waals surface area contributed by atoms with E-state index in [0.29, 0.717) is 5.70 Å². The lowest BCUT2D eigenvalue weighted by Gasteiger charge is -2.22. The van der Waals surface area contributed by atoms with Crippen molar-refractivity contribution in [1.29, 1.82) is 5.53 Å². The van der Waals surface area contributed by atoms with Crippen LogP contribution in [0.15, 0.2) is 56.7 Å². The van der Waals surface area contributed by atoms with Crippen LogP contribution in [0, 0.1) is 5.53 Å². The molecule has 0 unspecified atom stereocenters. The van der Waals surface area contributed by atoms with Crippen LogP contribution >= 0.6 is 0 Å². The van der Waals surface area contributed by atoms with Crippen LogP contribution < -0.4 is 5.32 Å². The number of nitrogens with one attached hydrogen (secondary N) is 2. The molecule has 0 bridgehead atoms. The highest BCUT2D eigenvalue weighted by atomic mass is 16.6. The average Bonchev–Trinajstić information content (AvgIpc) is 2.69. The molecule has 2 N–H and O–H groups in total. The number of allylic oxidation sites excluding steroid dienone is 6. The van der Waals surface area contributed by atoms with E-state index in [1.165, 1.54) is 12.7 Å². The summed E-state index contributed by atoms with van der Waals surface area (Å²) < 4.78 is 0. The average molecular weight is 387 g/mol. The minimum atomic E-state index is -0.457. The molecule has 0 saturated heterocycles. The Balaban J connectivity index is 2.04. The lowest BCUT2D eigenvalue weighted by Crippen LogP contribution is -2.34. The predicted molar refractivity (Wildman–Crippen MR) is 110 cm³/mol. The second-order valence-electron chi connectivity index (χ2n) is 7.15. The molecule has 0 fully saturated rings. The number of nitrogens with zero attached hydrogens (tertiary/aromatic N) is 4. The molecule has 0 saturated carbocycles. The van der Waals surface area contributed by atoms with Gasteiger partial charge in [-0.05, 0) is 51.2 Å². The van der Waals surface area contributed by atoms with Crippen molar-refractivity contribution >= 4 is 11.7 Å². The molecular formula is C20H30N6O2. The third-order valence-electron chi connectivity index (χ3n) is 4.88. The highest BCUT2D eigenvalue weighted by Gasteiger charge is 2.18. The molecule has 2 amide bonds.